The van der Waals surface area contributed by atoms with E-state index < -0.39 is 0 Å². The molecule has 2 aliphatic heterocycles. The molecule has 2 aromatic carbocycles. The first-order valence-corrected chi connectivity index (χ1v) is 9.97. The molecule has 0 N–H and O–H groups in total. The fourth-order valence-corrected chi connectivity index (χ4v) is 4.28. The van der Waals surface area contributed by atoms with E-state index in [-0.39, 0.29) is 30.7 Å². The van der Waals surface area contributed by atoms with Gasteiger partial charge in [0.25, 0.3) is 0 Å². The molecule has 0 aliphatic carbocycles. The molecule has 0 aromatic heterocycles. The van der Waals surface area contributed by atoms with Crippen molar-refractivity contribution in [3.05, 3.63) is 64.1 Å². The van der Waals surface area contributed by atoms with Crippen molar-refractivity contribution in [3.63, 3.8) is 0 Å². The Bertz CT molecular complexity index is 886. The predicted molar refractivity (Wildman–Crippen MR) is 129 cm³/mol. The van der Waals surface area contributed by atoms with Crippen molar-refractivity contribution in [1.82, 2.24) is 4.90 Å². The lowest BCUT2D eigenvalue weighted by Gasteiger charge is -2.31. The van der Waals surface area contributed by atoms with Crippen LogP contribution in [0, 0.1) is 0 Å². The second kappa shape index (κ2) is 10.5. The monoisotopic (exact) mass is 472 g/mol. The molecular formula is C21H24Cl4N4. The van der Waals surface area contributed by atoms with Crippen LogP contribution in [-0.2, 0) is 0 Å². The molecule has 4 nitrogen and oxygen atoms in total. The summed E-state index contributed by atoms with van der Waals surface area (Å²) in [5.41, 5.74) is 2.22. The molecule has 0 saturated heterocycles. The number of benzene rings is 2. The molecule has 0 spiro atoms. The van der Waals surface area contributed by atoms with Crippen molar-refractivity contribution < 1.29 is 0 Å². The van der Waals surface area contributed by atoms with Gasteiger partial charge in [0.2, 0.25) is 0 Å². The van der Waals surface area contributed by atoms with Crippen LogP contribution in [0.2, 0.25) is 10.0 Å². The lowest BCUT2D eigenvalue weighted by molar-refractivity contribution is 0.446. The maximum Gasteiger partial charge on any atom is 0.113 e. The molecule has 0 amide bonds. The Hall–Kier alpha value is -1.46. The summed E-state index contributed by atoms with van der Waals surface area (Å²) >= 11 is 12.6. The number of anilines is 1. The normalized spacial score (nSPS) is 16.7. The quantitative estimate of drug-likeness (QED) is 0.568. The van der Waals surface area contributed by atoms with Gasteiger partial charge in [-0.1, -0.05) is 53.5 Å². The maximum atomic E-state index is 6.51. The second-order valence-corrected chi connectivity index (χ2v) is 7.67. The first-order valence-electron chi connectivity index (χ1n) is 9.21. The third-order valence-electron chi connectivity index (χ3n) is 5.16. The van der Waals surface area contributed by atoms with Gasteiger partial charge in [0.1, 0.15) is 5.84 Å². The fraction of sp³-hybridized carbons (Fsp3) is 0.333. The Balaban J connectivity index is 0.00000150. The zero-order valence-corrected chi connectivity index (χ0v) is 19.2. The zero-order valence-electron chi connectivity index (χ0n) is 16.1. The minimum atomic E-state index is 0. The summed E-state index contributed by atoms with van der Waals surface area (Å²) in [7, 11) is 0. The third-order valence-corrected chi connectivity index (χ3v) is 5.70. The zero-order chi connectivity index (χ0) is 18.8. The first kappa shape index (κ1) is 23.8. The Kier molecular flexibility index (Phi) is 8.65. The van der Waals surface area contributed by atoms with Crippen molar-refractivity contribution >= 4 is 65.4 Å². The standard InChI is InChI=1S/C21H22Cl2N4.2ClH/c1-15-24-9-11-26(15)14-18(16-5-3-2-4-6-16)21-25-10-12-27(21)20-8-7-17(22)13-19(20)23;;/h2-8,13,18H,9-12,14H2,1H3;2*1H. The van der Waals surface area contributed by atoms with Gasteiger partial charge in [-0.2, -0.15) is 0 Å². The summed E-state index contributed by atoms with van der Waals surface area (Å²) in [6, 6.07) is 16.2. The number of amidine groups is 2. The van der Waals surface area contributed by atoms with E-state index in [1.54, 1.807) is 6.07 Å². The number of rotatable bonds is 5. The smallest absolute Gasteiger partial charge is 0.113 e. The summed E-state index contributed by atoms with van der Waals surface area (Å²) in [6.45, 7) is 6.37. The van der Waals surface area contributed by atoms with E-state index in [2.05, 4.69) is 46.0 Å². The molecular weight excluding hydrogens is 450 g/mol. The molecule has 2 aromatic rings. The van der Waals surface area contributed by atoms with Crippen LogP contribution in [-0.4, -0.2) is 49.3 Å². The molecule has 0 bridgehead atoms. The molecule has 0 fully saturated rings. The van der Waals surface area contributed by atoms with Gasteiger partial charge in [0.05, 0.1) is 35.6 Å². The van der Waals surface area contributed by atoms with E-state index in [1.165, 1.54) is 5.56 Å². The number of halogens is 4. The minimum absolute atomic E-state index is 0. The second-order valence-electron chi connectivity index (χ2n) is 6.83. The van der Waals surface area contributed by atoms with Crippen LogP contribution < -0.4 is 4.90 Å². The Morgan fingerprint density at radius 1 is 0.966 bits per heavy atom. The van der Waals surface area contributed by atoms with Gasteiger partial charge in [0.15, 0.2) is 0 Å². The maximum absolute atomic E-state index is 6.51. The topological polar surface area (TPSA) is 31.2 Å². The fourth-order valence-electron chi connectivity index (χ4n) is 3.77. The highest BCUT2D eigenvalue weighted by molar-refractivity contribution is 6.37. The molecule has 156 valence electrons. The van der Waals surface area contributed by atoms with E-state index in [4.69, 9.17) is 28.2 Å². The highest BCUT2D eigenvalue weighted by atomic mass is 35.5. The lowest BCUT2D eigenvalue weighted by atomic mass is 9.96. The van der Waals surface area contributed by atoms with Gasteiger partial charge < -0.3 is 9.80 Å². The van der Waals surface area contributed by atoms with Crippen LogP contribution in [0.25, 0.3) is 0 Å². The average molecular weight is 474 g/mol. The van der Waals surface area contributed by atoms with Gasteiger partial charge in [0, 0.05) is 24.7 Å². The molecule has 0 saturated carbocycles. The van der Waals surface area contributed by atoms with Crippen molar-refractivity contribution in [3.8, 4) is 0 Å². The molecule has 4 rings (SSSR count). The van der Waals surface area contributed by atoms with E-state index in [0.29, 0.717) is 10.0 Å². The van der Waals surface area contributed by atoms with Crippen LogP contribution in [0.15, 0.2) is 58.5 Å². The molecule has 29 heavy (non-hydrogen) atoms. The van der Waals surface area contributed by atoms with E-state index >= 15 is 0 Å². The highest BCUT2D eigenvalue weighted by Gasteiger charge is 2.31. The van der Waals surface area contributed by atoms with Crippen LogP contribution in [0.1, 0.15) is 18.4 Å². The molecule has 2 heterocycles. The van der Waals surface area contributed by atoms with Crippen molar-refractivity contribution in [2.24, 2.45) is 9.98 Å². The van der Waals surface area contributed by atoms with Crippen LogP contribution in [0.5, 0.6) is 0 Å². The molecule has 1 atom stereocenters. The number of hydrogen-bond acceptors (Lipinski definition) is 4. The lowest BCUT2D eigenvalue weighted by Crippen LogP contribution is -2.39. The number of nitrogens with zero attached hydrogens (tertiary/aromatic N) is 4. The number of hydrogen-bond donors (Lipinski definition) is 0. The highest BCUT2D eigenvalue weighted by Crippen LogP contribution is 2.34. The van der Waals surface area contributed by atoms with E-state index in [0.717, 1.165) is 50.1 Å². The van der Waals surface area contributed by atoms with Crippen LogP contribution in [0.4, 0.5) is 5.69 Å². The molecule has 2 aliphatic rings. The summed E-state index contributed by atoms with van der Waals surface area (Å²) in [6.07, 6.45) is 0. The predicted octanol–water partition coefficient (Wildman–Crippen LogP) is 5.57. The SMILES string of the molecule is CC1=NCCN1CC(C1=NCCN1c1ccc(Cl)cc1Cl)c1ccccc1.Cl.Cl. The minimum Gasteiger partial charge on any atom is -0.358 e. The largest absolute Gasteiger partial charge is 0.358 e. The first-order chi connectivity index (χ1) is 13.1. The Morgan fingerprint density at radius 2 is 1.69 bits per heavy atom. The van der Waals surface area contributed by atoms with Crippen molar-refractivity contribution in [2.45, 2.75) is 12.8 Å². The molecule has 0 radical (unpaired) electrons. The summed E-state index contributed by atoms with van der Waals surface area (Å²) in [4.78, 5) is 14.0. The van der Waals surface area contributed by atoms with Crippen molar-refractivity contribution in [2.75, 3.05) is 37.6 Å². The van der Waals surface area contributed by atoms with Gasteiger partial charge in [-0.05, 0) is 30.7 Å². The summed E-state index contributed by atoms with van der Waals surface area (Å²) in [5.74, 6) is 2.32. The summed E-state index contributed by atoms with van der Waals surface area (Å²) < 4.78 is 0. The molecule has 8 heteroatoms. The van der Waals surface area contributed by atoms with E-state index in [9.17, 15) is 0 Å². The van der Waals surface area contributed by atoms with Crippen LogP contribution in [0.3, 0.4) is 0 Å². The van der Waals surface area contributed by atoms with Gasteiger partial charge in [-0.15, -0.1) is 24.8 Å². The van der Waals surface area contributed by atoms with Gasteiger partial charge in [-0.3, -0.25) is 9.98 Å². The Morgan fingerprint density at radius 3 is 2.34 bits per heavy atom. The third kappa shape index (κ3) is 5.18. The Labute approximate surface area is 194 Å². The summed E-state index contributed by atoms with van der Waals surface area (Å²) in [5, 5.41) is 1.30. The van der Waals surface area contributed by atoms with Gasteiger partial charge in [-0.25, -0.2) is 0 Å². The van der Waals surface area contributed by atoms with Crippen molar-refractivity contribution in [1.29, 1.82) is 0 Å². The van der Waals surface area contributed by atoms with Gasteiger partial charge >= 0.3 is 0 Å². The number of aliphatic imine (C=N–C) groups is 2. The average Bonchev–Trinajstić information content (AvgIpc) is 3.29. The van der Waals surface area contributed by atoms with E-state index in [1.807, 2.05) is 18.2 Å². The van der Waals surface area contributed by atoms with Crippen LogP contribution >= 0.6 is 48.0 Å². The molecule has 1 unspecified atom stereocenters.